The number of sulfonamides is 1. The Balaban J connectivity index is 1.75. The first kappa shape index (κ1) is 20.6. The second-order valence-corrected chi connectivity index (χ2v) is 8.41. The van der Waals surface area contributed by atoms with E-state index in [0.29, 0.717) is 36.0 Å². The topological polar surface area (TPSA) is 107 Å². The van der Waals surface area contributed by atoms with Crippen LogP contribution >= 0.6 is 0 Å². The monoisotopic (exact) mass is 419 g/mol. The molecule has 1 amide bonds. The molecule has 29 heavy (non-hydrogen) atoms. The van der Waals surface area contributed by atoms with Gasteiger partial charge in [0.1, 0.15) is 13.2 Å². The van der Waals surface area contributed by atoms with Crippen LogP contribution < -0.4 is 19.6 Å². The van der Waals surface area contributed by atoms with E-state index in [-0.39, 0.29) is 10.5 Å². The molecule has 3 rings (SSSR count). The Labute approximate surface area is 168 Å². The molecule has 10 heteroatoms. The Morgan fingerprint density at radius 1 is 1.21 bits per heavy atom. The summed E-state index contributed by atoms with van der Waals surface area (Å²) in [5.74, 6) is 1.02. The summed E-state index contributed by atoms with van der Waals surface area (Å²) in [4.78, 5) is 12.4. The molecule has 0 saturated carbocycles. The number of carbonyl (C=O) groups excluding carboxylic acids is 1. The van der Waals surface area contributed by atoms with Gasteiger partial charge in [-0.15, -0.1) is 0 Å². The van der Waals surface area contributed by atoms with Crippen molar-refractivity contribution in [2.75, 3.05) is 34.4 Å². The summed E-state index contributed by atoms with van der Waals surface area (Å²) in [6, 6.07) is 9.15. The van der Waals surface area contributed by atoms with E-state index in [1.165, 1.54) is 51.7 Å². The molecule has 9 nitrogen and oxygen atoms in total. The third-order valence-corrected chi connectivity index (χ3v) is 5.92. The van der Waals surface area contributed by atoms with Crippen LogP contribution in [-0.4, -0.2) is 59.3 Å². The lowest BCUT2D eigenvalue weighted by atomic mass is 10.2. The van der Waals surface area contributed by atoms with E-state index < -0.39 is 15.9 Å². The van der Waals surface area contributed by atoms with Crippen molar-refractivity contribution in [3.63, 3.8) is 0 Å². The van der Waals surface area contributed by atoms with Crippen LogP contribution in [0.5, 0.6) is 17.2 Å². The van der Waals surface area contributed by atoms with Gasteiger partial charge in [-0.1, -0.05) is 6.07 Å². The van der Waals surface area contributed by atoms with Gasteiger partial charge in [0, 0.05) is 25.2 Å². The number of rotatable bonds is 6. The van der Waals surface area contributed by atoms with Crippen LogP contribution in [0.2, 0.25) is 0 Å². The van der Waals surface area contributed by atoms with Gasteiger partial charge in [0.05, 0.1) is 18.2 Å². The minimum Gasteiger partial charge on any atom is -0.493 e. The van der Waals surface area contributed by atoms with Gasteiger partial charge in [-0.05, 0) is 30.3 Å². The molecule has 0 spiro atoms. The molecule has 0 radical (unpaired) electrons. The maximum atomic E-state index is 12.3. The lowest BCUT2D eigenvalue weighted by Gasteiger charge is -2.20. The van der Waals surface area contributed by atoms with Gasteiger partial charge >= 0.3 is 0 Å². The fraction of sp³-hybridized carbons (Fsp3) is 0.263. The number of benzene rings is 2. The summed E-state index contributed by atoms with van der Waals surface area (Å²) in [5, 5.41) is 3.93. The highest BCUT2D eigenvalue weighted by Gasteiger charge is 2.19. The molecule has 0 aromatic heterocycles. The zero-order valence-corrected chi connectivity index (χ0v) is 17.0. The van der Waals surface area contributed by atoms with E-state index in [0.717, 1.165) is 4.31 Å². The molecule has 0 atom stereocenters. The minimum absolute atomic E-state index is 0.0238. The lowest BCUT2D eigenvalue weighted by Crippen LogP contribution is -2.23. The number of hydrazone groups is 1. The summed E-state index contributed by atoms with van der Waals surface area (Å²) >= 11 is 0. The van der Waals surface area contributed by atoms with E-state index in [9.17, 15) is 13.2 Å². The van der Waals surface area contributed by atoms with Crippen molar-refractivity contribution >= 4 is 22.1 Å². The molecule has 0 fully saturated rings. The van der Waals surface area contributed by atoms with E-state index in [1.54, 1.807) is 12.1 Å². The first-order chi connectivity index (χ1) is 13.8. The molecule has 0 aliphatic carbocycles. The maximum Gasteiger partial charge on any atom is 0.271 e. The summed E-state index contributed by atoms with van der Waals surface area (Å²) in [7, 11) is 0.730. The summed E-state index contributed by atoms with van der Waals surface area (Å²) < 4.78 is 41.9. The molecule has 1 N–H and O–H groups in total. The second-order valence-electron chi connectivity index (χ2n) is 6.26. The largest absolute Gasteiger partial charge is 0.493 e. The predicted octanol–water partition coefficient (Wildman–Crippen LogP) is 1.48. The van der Waals surface area contributed by atoms with E-state index >= 15 is 0 Å². The van der Waals surface area contributed by atoms with Gasteiger partial charge in [-0.2, -0.15) is 5.10 Å². The Morgan fingerprint density at radius 3 is 2.69 bits per heavy atom. The average Bonchev–Trinajstić information content (AvgIpc) is 2.73. The molecule has 154 valence electrons. The van der Waals surface area contributed by atoms with E-state index in [4.69, 9.17) is 14.2 Å². The smallest absolute Gasteiger partial charge is 0.271 e. The van der Waals surface area contributed by atoms with Crippen LogP contribution in [0.3, 0.4) is 0 Å². The highest BCUT2D eigenvalue weighted by Crippen LogP contribution is 2.39. The molecular weight excluding hydrogens is 398 g/mol. The number of amides is 1. The third-order valence-electron chi connectivity index (χ3n) is 4.10. The lowest BCUT2D eigenvalue weighted by molar-refractivity contribution is 0.0955. The first-order valence-electron chi connectivity index (χ1n) is 8.66. The van der Waals surface area contributed by atoms with E-state index in [1.807, 2.05) is 0 Å². The number of ether oxygens (including phenoxy) is 3. The van der Waals surface area contributed by atoms with Crippen molar-refractivity contribution < 1.29 is 27.4 Å². The highest BCUT2D eigenvalue weighted by molar-refractivity contribution is 7.89. The van der Waals surface area contributed by atoms with Crippen LogP contribution in [0.1, 0.15) is 15.9 Å². The van der Waals surface area contributed by atoms with Crippen molar-refractivity contribution in [2.45, 2.75) is 4.90 Å². The quantitative estimate of drug-likeness (QED) is 0.562. The van der Waals surface area contributed by atoms with Gasteiger partial charge in [0.15, 0.2) is 11.5 Å². The minimum atomic E-state index is -3.64. The molecule has 1 aliphatic heterocycles. The van der Waals surface area contributed by atoms with E-state index in [2.05, 4.69) is 10.5 Å². The number of methoxy groups -OCH3 is 1. The normalized spacial score (nSPS) is 13.5. The Bertz CT molecular complexity index is 1030. The second kappa shape index (κ2) is 8.50. The number of fused-ring (bicyclic) bond motifs is 1. The fourth-order valence-electron chi connectivity index (χ4n) is 2.61. The highest BCUT2D eigenvalue weighted by atomic mass is 32.2. The third kappa shape index (κ3) is 4.49. The van der Waals surface area contributed by atoms with Crippen molar-refractivity contribution in [1.29, 1.82) is 0 Å². The van der Waals surface area contributed by atoms with Gasteiger partial charge in [-0.25, -0.2) is 18.1 Å². The Morgan fingerprint density at radius 2 is 1.97 bits per heavy atom. The van der Waals surface area contributed by atoms with Gasteiger partial charge < -0.3 is 14.2 Å². The van der Waals surface area contributed by atoms with Gasteiger partial charge in [-0.3, -0.25) is 4.79 Å². The zero-order valence-electron chi connectivity index (χ0n) is 16.2. The van der Waals surface area contributed by atoms with Crippen molar-refractivity contribution in [1.82, 2.24) is 9.73 Å². The number of carbonyl (C=O) groups is 1. The molecule has 0 bridgehead atoms. The van der Waals surface area contributed by atoms with Crippen LogP contribution in [0.15, 0.2) is 46.4 Å². The van der Waals surface area contributed by atoms with Crippen molar-refractivity contribution in [3.8, 4) is 17.2 Å². The molecule has 0 unspecified atom stereocenters. The molecular formula is C19H21N3O6S. The van der Waals surface area contributed by atoms with Crippen molar-refractivity contribution in [3.05, 3.63) is 47.5 Å². The summed E-state index contributed by atoms with van der Waals surface area (Å²) in [5.41, 5.74) is 3.19. The summed E-state index contributed by atoms with van der Waals surface area (Å²) in [6.45, 7) is 0.870. The summed E-state index contributed by atoms with van der Waals surface area (Å²) in [6.07, 6.45) is 1.43. The zero-order chi connectivity index (χ0) is 21.0. The molecule has 2 aromatic carbocycles. The van der Waals surface area contributed by atoms with Gasteiger partial charge in [0.2, 0.25) is 15.8 Å². The first-order valence-corrected chi connectivity index (χ1v) is 10.1. The SMILES string of the molecule is COc1cc(/C=N\NC(=O)c2cccc(S(=O)(=O)N(C)C)c2)cc2c1OCCO2. The molecule has 1 heterocycles. The number of nitrogens with one attached hydrogen (secondary N) is 1. The maximum absolute atomic E-state index is 12.3. The molecule has 2 aromatic rings. The van der Waals surface area contributed by atoms with Gasteiger partial charge in [0.25, 0.3) is 5.91 Å². The predicted molar refractivity (Wildman–Crippen MR) is 106 cm³/mol. The van der Waals surface area contributed by atoms with Crippen LogP contribution in [0.4, 0.5) is 0 Å². The number of nitrogens with zero attached hydrogens (tertiary/aromatic N) is 2. The molecule has 1 aliphatic rings. The van der Waals surface area contributed by atoms with Crippen molar-refractivity contribution in [2.24, 2.45) is 5.10 Å². The average molecular weight is 419 g/mol. The number of hydrogen-bond acceptors (Lipinski definition) is 7. The molecule has 0 saturated heterocycles. The standard InChI is InChI=1S/C19H21N3O6S/c1-22(2)29(24,25)15-6-4-5-14(11-15)19(23)21-20-12-13-9-16(26-3)18-17(10-13)27-7-8-28-18/h4-6,9-12H,7-8H2,1-3H3,(H,21,23)/b20-12-. The van der Waals surface area contributed by atoms with Crippen LogP contribution in [-0.2, 0) is 10.0 Å². The van der Waals surface area contributed by atoms with Crippen LogP contribution in [0, 0.1) is 0 Å². The Kier molecular flexibility index (Phi) is 6.04. The fourth-order valence-corrected chi connectivity index (χ4v) is 3.55. The number of hydrogen-bond donors (Lipinski definition) is 1. The Hall–Kier alpha value is -3.11. The van der Waals surface area contributed by atoms with Crippen LogP contribution in [0.25, 0.3) is 0 Å².